The second kappa shape index (κ2) is 10.5. The molecule has 1 aromatic carbocycles. The van der Waals surface area contributed by atoms with Gasteiger partial charge in [0.25, 0.3) is 5.91 Å². The van der Waals surface area contributed by atoms with E-state index in [1.165, 1.54) is 11.2 Å². The Bertz CT molecular complexity index is 1030. The minimum absolute atomic E-state index is 0.114. The molecule has 0 aliphatic carbocycles. The van der Waals surface area contributed by atoms with E-state index >= 15 is 0 Å². The van der Waals surface area contributed by atoms with Crippen molar-refractivity contribution in [2.75, 3.05) is 51.1 Å². The van der Waals surface area contributed by atoms with Gasteiger partial charge in [-0.05, 0) is 31.2 Å². The van der Waals surface area contributed by atoms with Crippen LogP contribution in [-0.4, -0.2) is 90.2 Å². The van der Waals surface area contributed by atoms with Crippen molar-refractivity contribution in [1.82, 2.24) is 20.0 Å². The first-order chi connectivity index (χ1) is 16.4. The van der Waals surface area contributed by atoms with Gasteiger partial charge in [0.2, 0.25) is 17.7 Å². The number of carbonyl (C=O) groups excluding carboxylic acids is 4. The van der Waals surface area contributed by atoms with Gasteiger partial charge in [-0.15, -0.1) is 0 Å². The summed E-state index contributed by atoms with van der Waals surface area (Å²) >= 11 is 0. The Hall–Kier alpha value is -3.66. The van der Waals surface area contributed by atoms with Gasteiger partial charge in [-0.1, -0.05) is 17.7 Å². The normalized spacial score (nSPS) is 19.0. The Morgan fingerprint density at radius 3 is 2.47 bits per heavy atom. The van der Waals surface area contributed by atoms with Crippen LogP contribution in [0.15, 0.2) is 47.1 Å². The Morgan fingerprint density at radius 2 is 1.79 bits per heavy atom. The average Bonchev–Trinajstić information content (AvgIpc) is 3.37. The van der Waals surface area contributed by atoms with Gasteiger partial charge < -0.3 is 24.9 Å². The fourth-order valence-electron chi connectivity index (χ4n) is 4.19. The Kier molecular flexibility index (Phi) is 7.27. The van der Waals surface area contributed by atoms with Gasteiger partial charge in [-0.25, -0.2) is 0 Å². The molecule has 180 valence electrons. The fraction of sp³-hybridized carbons (Fsp3) is 0.417. The molecule has 2 aliphatic rings. The van der Waals surface area contributed by atoms with Crippen LogP contribution < -0.4 is 10.6 Å². The van der Waals surface area contributed by atoms with Crippen molar-refractivity contribution in [1.29, 1.82) is 0 Å². The monoisotopic (exact) mass is 467 g/mol. The molecule has 2 saturated heterocycles. The zero-order valence-electron chi connectivity index (χ0n) is 19.2. The van der Waals surface area contributed by atoms with Crippen LogP contribution in [0.2, 0.25) is 0 Å². The van der Waals surface area contributed by atoms with E-state index in [0.29, 0.717) is 50.7 Å². The van der Waals surface area contributed by atoms with Crippen LogP contribution in [0.5, 0.6) is 0 Å². The Morgan fingerprint density at radius 1 is 1.06 bits per heavy atom. The summed E-state index contributed by atoms with van der Waals surface area (Å²) < 4.78 is 5.18. The lowest BCUT2D eigenvalue weighted by atomic mass is 10.1. The lowest BCUT2D eigenvalue weighted by Crippen LogP contribution is -2.60. The second-order valence-electron chi connectivity index (χ2n) is 8.56. The van der Waals surface area contributed by atoms with Crippen molar-refractivity contribution in [3.8, 4) is 0 Å². The second-order valence-corrected chi connectivity index (χ2v) is 8.56. The van der Waals surface area contributed by atoms with Gasteiger partial charge in [0.15, 0.2) is 5.76 Å². The number of hydrogen-bond donors (Lipinski definition) is 2. The minimum Gasteiger partial charge on any atom is -0.459 e. The summed E-state index contributed by atoms with van der Waals surface area (Å²) in [4.78, 5) is 55.8. The third kappa shape index (κ3) is 5.63. The van der Waals surface area contributed by atoms with Gasteiger partial charge >= 0.3 is 0 Å². The van der Waals surface area contributed by atoms with E-state index in [2.05, 4.69) is 10.6 Å². The summed E-state index contributed by atoms with van der Waals surface area (Å²) in [5, 5.41) is 5.54. The topological polar surface area (TPSA) is 115 Å². The number of piperazine rings is 2. The first-order valence-electron chi connectivity index (χ1n) is 11.4. The first-order valence-corrected chi connectivity index (χ1v) is 11.4. The number of amides is 4. The molecule has 0 bridgehead atoms. The number of hydrogen-bond acceptors (Lipinski definition) is 6. The number of benzene rings is 1. The summed E-state index contributed by atoms with van der Waals surface area (Å²) in [6, 6.07) is 9.83. The van der Waals surface area contributed by atoms with Crippen molar-refractivity contribution in [3.05, 3.63) is 54.0 Å². The van der Waals surface area contributed by atoms with Crippen molar-refractivity contribution in [2.45, 2.75) is 19.4 Å². The lowest BCUT2D eigenvalue weighted by molar-refractivity contribution is -0.145. The smallest absolute Gasteiger partial charge is 0.289 e. The van der Waals surface area contributed by atoms with Crippen molar-refractivity contribution in [3.63, 3.8) is 0 Å². The van der Waals surface area contributed by atoms with Crippen LogP contribution in [0.25, 0.3) is 0 Å². The molecule has 4 rings (SSSR count). The standard InChI is InChI=1S/C24H29N5O5/c1-17-4-6-18(7-5-17)26-21(30)15-19-23(32)25-8-9-29(19)22(31)16-27-10-12-28(13-11-27)24(33)20-3-2-14-34-20/h2-7,14,19H,8-13,15-16H2,1H3,(H,25,32)(H,26,30)/t19-/m1/s1. The highest BCUT2D eigenvalue weighted by atomic mass is 16.3. The molecule has 1 atom stereocenters. The van der Waals surface area contributed by atoms with E-state index < -0.39 is 6.04 Å². The summed E-state index contributed by atoms with van der Waals surface area (Å²) in [5.41, 5.74) is 1.72. The minimum atomic E-state index is -0.853. The third-order valence-corrected chi connectivity index (χ3v) is 6.12. The Balaban J connectivity index is 1.31. The molecular formula is C24H29N5O5. The molecule has 0 spiro atoms. The van der Waals surface area contributed by atoms with Crippen molar-refractivity contribution < 1.29 is 23.6 Å². The summed E-state index contributed by atoms with van der Waals surface area (Å²) in [6.45, 7) is 4.83. The largest absolute Gasteiger partial charge is 0.459 e. The van der Waals surface area contributed by atoms with Crippen LogP contribution in [-0.2, 0) is 14.4 Å². The maximum absolute atomic E-state index is 13.1. The van der Waals surface area contributed by atoms with Gasteiger partial charge in [-0.3, -0.25) is 24.1 Å². The molecule has 2 N–H and O–H groups in total. The number of carbonyl (C=O) groups is 4. The maximum atomic E-state index is 13.1. The predicted molar refractivity (Wildman–Crippen MR) is 124 cm³/mol. The van der Waals surface area contributed by atoms with E-state index in [1.54, 1.807) is 29.2 Å². The highest BCUT2D eigenvalue weighted by molar-refractivity contribution is 5.97. The fourth-order valence-corrected chi connectivity index (χ4v) is 4.19. The molecule has 0 unspecified atom stereocenters. The number of furan rings is 1. The zero-order valence-corrected chi connectivity index (χ0v) is 19.2. The van der Waals surface area contributed by atoms with E-state index in [1.807, 2.05) is 24.0 Å². The Labute approximate surface area is 197 Å². The lowest BCUT2D eigenvalue weighted by Gasteiger charge is -2.38. The van der Waals surface area contributed by atoms with Crippen LogP contribution in [0.3, 0.4) is 0 Å². The molecule has 0 radical (unpaired) electrons. The third-order valence-electron chi connectivity index (χ3n) is 6.12. The quantitative estimate of drug-likeness (QED) is 0.646. The molecule has 2 aliphatic heterocycles. The van der Waals surface area contributed by atoms with Crippen LogP contribution in [0, 0.1) is 6.92 Å². The summed E-state index contributed by atoms with van der Waals surface area (Å²) in [7, 11) is 0. The number of aryl methyl sites for hydroxylation is 1. The van der Waals surface area contributed by atoms with Gasteiger partial charge in [0.1, 0.15) is 6.04 Å². The van der Waals surface area contributed by atoms with Crippen LogP contribution in [0.1, 0.15) is 22.5 Å². The van der Waals surface area contributed by atoms with E-state index in [4.69, 9.17) is 4.42 Å². The molecular weight excluding hydrogens is 438 g/mol. The van der Waals surface area contributed by atoms with Gasteiger partial charge in [0.05, 0.1) is 19.2 Å². The van der Waals surface area contributed by atoms with Crippen LogP contribution in [0.4, 0.5) is 5.69 Å². The van der Waals surface area contributed by atoms with Gasteiger partial charge in [-0.2, -0.15) is 0 Å². The van der Waals surface area contributed by atoms with E-state index in [0.717, 1.165) is 5.56 Å². The number of rotatable bonds is 6. The predicted octanol–water partition coefficient (Wildman–Crippen LogP) is 0.702. The molecule has 34 heavy (non-hydrogen) atoms. The number of nitrogens with one attached hydrogen (secondary N) is 2. The molecule has 3 heterocycles. The van der Waals surface area contributed by atoms with Crippen molar-refractivity contribution in [2.24, 2.45) is 0 Å². The molecule has 0 saturated carbocycles. The first kappa shape index (κ1) is 23.5. The van der Waals surface area contributed by atoms with Crippen LogP contribution >= 0.6 is 0 Å². The average molecular weight is 468 g/mol. The molecule has 4 amide bonds. The van der Waals surface area contributed by atoms with Gasteiger partial charge in [0, 0.05) is 45.0 Å². The summed E-state index contributed by atoms with van der Waals surface area (Å²) in [6.07, 6.45) is 1.35. The number of anilines is 1. The highest BCUT2D eigenvalue weighted by Gasteiger charge is 2.35. The molecule has 10 nitrogen and oxygen atoms in total. The zero-order chi connectivity index (χ0) is 24.1. The highest BCUT2D eigenvalue weighted by Crippen LogP contribution is 2.15. The molecule has 2 fully saturated rings. The number of nitrogens with zero attached hydrogens (tertiary/aromatic N) is 3. The molecule has 1 aromatic heterocycles. The molecule has 10 heteroatoms. The summed E-state index contributed by atoms with van der Waals surface area (Å²) in [5.74, 6) is -0.714. The maximum Gasteiger partial charge on any atom is 0.289 e. The van der Waals surface area contributed by atoms with E-state index in [9.17, 15) is 19.2 Å². The molecule has 2 aromatic rings. The SMILES string of the molecule is Cc1ccc(NC(=O)C[C@@H]2C(=O)NCCN2C(=O)CN2CCN(C(=O)c3ccco3)CC2)cc1. The van der Waals surface area contributed by atoms with E-state index in [-0.39, 0.29) is 36.6 Å². The van der Waals surface area contributed by atoms with Crippen molar-refractivity contribution >= 4 is 29.3 Å².